The van der Waals surface area contributed by atoms with Crippen molar-refractivity contribution < 1.29 is 14.3 Å². The van der Waals surface area contributed by atoms with Crippen molar-refractivity contribution in [3.05, 3.63) is 45.1 Å². The fourth-order valence-electron chi connectivity index (χ4n) is 2.85. The topological polar surface area (TPSA) is 58.6 Å². The zero-order chi connectivity index (χ0) is 16.7. The molecule has 0 saturated heterocycles. The van der Waals surface area contributed by atoms with Crippen LogP contribution in [0.2, 0.25) is 10.0 Å². The third-order valence-electron chi connectivity index (χ3n) is 4.12. The SMILES string of the molecule is COC(=O)C1=C(C)N(C2CC2)C(=O)N[C@H]1c1ccc(Cl)c(Cl)c1. The van der Waals surface area contributed by atoms with Gasteiger partial charge in [-0.1, -0.05) is 29.3 Å². The summed E-state index contributed by atoms with van der Waals surface area (Å²) in [4.78, 5) is 26.4. The van der Waals surface area contributed by atoms with Crippen molar-refractivity contribution in [2.24, 2.45) is 0 Å². The number of hydrogen-bond donors (Lipinski definition) is 1. The van der Waals surface area contributed by atoms with Gasteiger partial charge in [-0.15, -0.1) is 0 Å². The predicted octanol–water partition coefficient (Wildman–Crippen LogP) is 3.67. The molecule has 2 amide bonds. The Labute approximate surface area is 144 Å². The molecule has 1 atom stereocenters. The number of carbonyl (C=O) groups excluding carboxylic acids is 2. The zero-order valence-electron chi connectivity index (χ0n) is 12.7. The summed E-state index contributed by atoms with van der Waals surface area (Å²) in [6.45, 7) is 1.77. The molecule has 3 rings (SSSR count). The van der Waals surface area contributed by atoms with Gasteiger partial charge in [-0.2, -0.15) is 0 Å². The van der Waals surface area contributed by atoms with E-state index in [0.717, 1.165) is 12.8 Å². The number of nitrogens with zero attached hydrogens (tertiary/aromatic N) is 1. The van der Waals surface area contributed by atoms with Crippen LogP contribution in [0, 0.1) is 0 Å². The second kappa shape index (κ2) is 6.06. The minimum absolute atomic E-state index is 0.157. The first-order valence-corrected chi connectivity index (χ1v) is 8.03. The monoisotopic (exact) mass is 354 g/mol. The highest BCUT2D eigenvalue weighted by molar-refractivity contribution is 6.42. The minimum atomic E-state index is -0.611. The quantitative estimate of drug-likeness (QED) is 0.842. The maximum atomic E-state index is 12.4. The van der Waals surface area contributed by atoms with Crippen molar-refractivity contribution in [3.8, 4) is 0 Å². The lowest BCUT2D eigenvalue weighted by atomic mass is 9.95. The number of hydrogen-bond acceptors (Lipinski definition) is 3. The normalized spacial score (nSPS) is 21.3. The lowest BCUT2D eigenvalue weighted by Crippen LogP contribution is -2.48. The minimum Gasteiger partial charge on any atom is -0.466 e. The summed E-state index contributed by atoms with van der Waals surface area (Å²) in [6.07, 6.45) is 1.88. The second-order valence-electron chi connectivity index (χ2n) is 5.65. The van der Waals surface area contributed by atoms with Crippen molar-refractivity contribution >= 4 is 35.2 Å². The van der Waals surface area contributed by atoms with E-state index in [9.17, 15) is 9.59 Å². The van der Waals surface area contributed by atoms with E-state index in [0.29, 0.717) is 26.9 Å². The molecule has 1 aliphatic carbocycles. The molecule has 2 aliphatic rings. The van der Waals surface area contributed by atoms with Gasteiger partial charge in [0.2, 0.25) is 0 Å². The number of allylic oxidation sites excluding steroid dienone is 1. The van der Waals surface area contributed by atoms with E-state index in [2.05, 4.69) is 5.32 Å². The fourth-order valence-corrected chi connectivity index (χ4v) is 3.15. The van der Waals surface area contributed by atoms with Crippen LogP contribution >= 0.6 is 23.2 Å². The van der Waals surface area contributed by atoms with Gasteiger partial charge < -0.3 is 10.1 Å². The largest absolute Gasteiger partial charge is 0.466 e. The van der Waals surface area contributed by atoms with Gasteiger partial charge in [0.25, 0.3) is 0 Å². The maximum absolute atomic E-state index is 12.4. The molecule has 0 aromatic heterocycles. The van der Waals surface area contributed by atoms with Gasteiger partial charge in [0.05, 0.1) is 28.8 Å². The van der Waals surface area contributed by atoms with E-state index in [-0.39, 0.29) is 12.1 Å². The second-order valence-corrected chi connectivity index (χ2v) is 6.46. The average Bonchev–Trinajstić information content (AvgIpc) is 3.33. The number of ether oxygens (including phenoxy) is 1. The average molecular weight is 355 g/mol. The Morgan fingerprint density at radius 1 is 1.30 bits per heavy atom. The fraction of sp³-hybridized carbons (Fsp3) is 0.375. The molecule has 5 nitrogen and oxygen atoms in total. The van der Waals surface area contributed by atoms with Crippen molar-refractivity contribution in [2.75, 3.05) is 7.11 Å². The van der Waals surface area contributed by atoms with Crippen LogP contribution < -0.4 is 5.32 Å². The molecule has 1 aromatic carbocycles. The van der Waals surface area contributed by atoms with Crippen LogP contribution in [0.1, 0.15) is 31.4 Å². The number of halogens is 2. The molecule has 1 N–H and O–H groups in total. The Balaban J connectivity index is 2.08. The Hall–Kier alpha value is -1.72. The smallest absolute Gasteiger partial charge is 0.337 e. The van der Waals surface area contributed by atoms with Crippen LogP contribution in [-0.2, 0) is 9.53 Å². The number of esters is 1. The molecule has 1 saturated carbocycles. The molecule has 1 fully saturated rings. The van der Waals surface area contributed by atoms with Crippen LogP contribution in [0.3, 0.4) is 0 Å². The number of carbonyl (C=O) groups is 2. The van der Waals surface area contributed by atoms with E-state index >= 15 is 0 Å². The summed E-state index contributed by atoms with van der Waals surface area (Å²) in [7, 11) is 1.33. The number of rotatable bonds is 3. The third-order valence-corrected chi connectivity index (χ3v) is 4.86. The Morgan fingerprint density at radius 2 is 2.00 bits per heavy atom. The molecule has 0 radical (unpaired) electrons. The molecule has 1 aromatic rings. The molecule has 23 heavy (non-hydrogen) atoms. The van der Waals surface area contributed by atoms with Crippen LogP contribution in [0.15, 0.2) is 29.5 Å². The van der Waals surface area contributed by atoms with Crippen LogP contribution in [-0.4, -0.2) is 30.1 Å². The third kappa shape index (κ3) is 2.91. The highest BCUT2D eigenvalue weighted by atomic mass is 35.5. The summed E-state index contributed by atoms with van der Waals surface area (Å²) in [5.41, 5.74) is 1.72. The first-order valence-electron chi connectivity index (χ1n) is 7.27. The Kier molecular flexibility index (Phi) is 4.25. The Morgan fingerprint density at radius 3 is 2.57 bits per heavy atom. The number of amides is 2. The van der Waals surface area contributed by atoms with E-state index in [1.54, 1.807) is 30.0 Å². The zero-order valence-corrected chi connectivity index (χ0v) is 14.2. The van der Waals surface area contributed by atoms with Gasteiger partial charge in [-0.25, -0.2) is 9.59 Å². The number of nitrogens with one attached hydrogen (secondary N) is 1. The van der Waals surface area contributed by atoms with Gasteiger partial charge >= 0.3 is 12.0 Å². The van der Waals surface area contributed by atoms with Gasteiger partial charge in [0.1, 0.15) is 0 Å². The summed E-state index contributed by atoms with van der Waals surface area (Å²) in [5.74, 6) is -0.468. The van der Waals surface area contributed by atoms with Gasteiger partial charge in [-0.05, 0) is 37.5 Å². The molecule has 0 bridgehead atoms. The predicted molar refractivity (Wildman–Crippen MR) is 87.3 cm³/mol. The number of methoxy groups -OCH3 is 1. The molecular weight excluding hydrogens is 339 g/mol. The highest BCUT2D eigenvalue weighted by Crippen LogP contribution is 2.38. The maximum Gasteiger partial charge on any atom is 0.337 e. The van der Waals surface area contributed by atoms with E-state index < -0.39 is 12.0 Å². The van der Waals surface area contributed by atoms with E-state index in [1.165, 1.54) is 7.11 Å². The molecule has 0 spiro atoms. The molecule has 1 heterocycles. The lowest BCUT2D eigenvalue weighted by molar-refractivity contribution is -0.136. The lowest BCUT2D eigenvalue weighted by Gasteiger charge is -2.35. The first-order chi connectivity index (χ1) is 10.9. The molecule has 1 aliphatic heterocycles. The Bertz CT molecular complexity index is 713. The van der Waals surface area contributed by atoms with Crippen molar-refractivity contribution in [3.63, 3.8) is 0 Å². The molecule has 0 unspecified atom stereocenters. The van der Waals surface area contributed by atoms with Gasteiger partial charge in [0, 0.05) is 11.7 Å². The van der Waals surface area contributed by atoms with Crippen molar-refractivity contribution in [2.45, 2.75) is 31.8 Å². The van der Waals surface area contributed by atoms with Crippen molar-refractivity contribution in [1.29, 1.82) is 0 Å². The molecular formula is C16H16Cl2N2O3. The number of benzene rings is 1. The van der Waals surface area contributed by atoms with E-state index in [4.69, 9.17) is 27.9 Å². The van der Waals surface area contributed by atoms with Crippen LogP contribution in [0.25, 0.3) is 0 Å². The molecule has 122 valence electrons. The summed E-state index contributed by atoms with van der Waals surface area (Å²) in [5, 5.41) is 3.65. The molecule has 7 heteroatoms. The summed E-state index contributed by atoms with van der Waals surface area (Å²) in [6, 6.07) is 4.36. The van der Waals surface area contributed by atoms with Gasteiger partial charge in [0.15, 0.2) is 0 Å². The number of urea groups is 1. The van der Waals surface area contributed by atoms with Crippen LogP contribution in [0.4, 0.5) is 4.79 Å². The standard InChI is InChI=1S/C16H16Cl2N2O3/c1-8-13(15(21)23-2)14(9-3-6-11(17)12(18)7-9)19-16(22)20(8)10-4-5-10/h3,6-7,10,14H,4-5H2,1-2H3,(H,19,22)/t14-/m0/s1. The summed E-state index contributed by atoms with van der Waals surface area (Å²) < 4.78 is 4.92. The first kappa shape index (κ1) is 16.1. The van der Waals surface area contributed by atoms with E-state index in [1.807, 2.05) is 0 Å². The van der Waals surface area contributed by atoms with Crippen LogP contribution in [0.5, 0.6) is 0 Å². The van der Waals surface area contributed by atoms with Gasteiger partial charge in [-0.3, -0.25) is 4.90 Å². The summed E-state index contributed by atoms with van der Waals surface area (Å²) >= 11 is 12.0. The highest BCUT2D eigenvalue weighted by Gasteiger charge is 2.42. The van der Waals surface area contributed by atoms with Crippen molar-refractivity contribution in [1.82, 2.24) is 10.2 Å².